The van der Waals surface area contributed by atoms with Crippen LogP contribution in [0.2, 0.25) is 0 Å². The standard InChI is InChI=1S/C10H12N4O2/c1-10(2,3)8-12-9-11-4-6(7(15)16)5-14(9)13-8/h4-5H,1-3H3,(H,15,16). The highest BCUT2D eigenvalue weighted by Crippen LogP contribution is 2.18. The number of aromatic nitrogens is 4. The lowest BCUT2D eigenvalue weighted by Gasteiger charge is -2.11. The molecule has 0 unspecified atom stereocenters. The maximum atomic E-state index is 10.7. The Balaban J connectivity index is 2.59. The van der Waals surface area contributed by atoms with Gasteiger partial charge in [0.05, 0.1) is 5.56 Å². The number of carboxylic acids is 1. The monoisotopic (exact) mass is 220 g/mol. The Hall–Kier alpha value is -1.98. The molecule has 0 fully saturated rings. The van der Waals surface area contributed by atoms with Crippen molar-refractivity contribution in [3.8, 4) is 0 Å². The summed E-state index contributed by atoms with van der Waals surface area (Å²) in [4.78, 5) is 18.9. The van der Waals surface area contributed by atoms with Crippen LogP contribution in [0.1, 0.15) is 37.0 Å². The third kappa shape index (κ3) is 1.73. The zero-order valence-electron chi connectivity index (χ0n) is 9.30. The van der Waals surface area contributed by atoms with Crippen molar-refractivity contribution in [1.82, 2.24) is 19.6 Å². The molecule has 0 atom stereocenters. The molecular weight excluding hydrogens is 208 g/mol. The third-order valence-electron chi connectivity index (χ3n) is 2.11. The number of carboxylic acid groups (broad SMARTS) is 1. The van der Waals surface area contributed by atoms with E-state index in [0.29, 0.717) is 11.6 Å². The van der Waals surface area contributed by atoms with E-state index in [9.17, 15) is 4.79 Å². The number of fused-ring (bicyclic) bond motifs is 1. The maximum absolute atomic E-state index is 10.7. The predicted molar refractivity (Wildman–Crippen MR) is 56.4 cm³/mol. The van der Waals surface area contributed by atoms with E-state index >= 15 is 0 Å². The minimum Gasteiger partial charge on any atom is -0.478 e. The minimum atomic E-state index is -1.03. The van der Waals surface area contributed by atoms with Gasteiger partial charge in [0, 0.05) is 17.8 Å². The number of nitrogens with zero attached hydrogens (tertiary/aromatic N) is 4. The molecule has 0 saturated heterocycles. The van der Waals surface area contributed by atoms with Crippen LogP contribution in [0.25, 0.3) is 5.78 Å². The third-order valence-corrected chi connectivity index (χ3v) is 2.11. The molecule has 0 radical (unpaired) electrons. The Kier molecular flexibility index (Phi) is 2.15. The van der Waals surface area contributed by atoms with Crippen molar-refractivity contribution in [1.29, 1.82) is 0 Å². The topological polar surface area (TPSA) is 80.4 Å². The smallest absolute Gasteiger partial charge is 0.338 e. The molecule has 0 saturated carbocycles. The second-order valence-electron chi connectivity index (χ2n) is 4.58. The molecule has 0 aliphatic carbocycles. The average Bonchev–Trinajstić information content (AvgIpc) is 2.58. The summed E-state index contributed by atoms with van der Waals surface area (Å²) in [6.07, 6.45) is 2.69. The average molecular weight is 220 g/mol. The molecule has 6 heteroatoms. The molecule has 2 heterocycles. The van der Waals surface area contributed by atoms with Gasteiger partial charge in [-0.1, -0.05) is 20.8 Å². The van der Waals surface area contributed by atoms with Gasteiger partial charge in [0.15, 0.2) is 5.82 Å². The summed E-state index contributed by atoms with van der Waals surface area (Å²) in [6, 6.07) is 0. The second-order valence-corrected chi connectivity index (χ2v) is 4.58. The van der Waals surface area contributed by atoms with Gasteiger partial charge in [-0.2, -0.15) is 4.98 Å². The van der Waals surface area contributed by atoms with Crippen molar-refractivity contribution < 1.29 is 9.90 Å². The van der Waals surface area contributed by atoms with Crippen molar-refractivity contribution in [3.05, 3.63) is 23.8 Å². The minimum absolute atomic E-state index is 0.0952. The first-order valence-electron chi connectivity index (χ1n) is 4.84. The Morgan fingerprint density at radius 1 is 1.44 bits per heavy atom. The van der Waals surface area contributed by atoms with Crippen molar-refractivity contribution >= 4 is 11.7 Å². The molecule has 2 aromatic heterocycles. The summed E-state index contributed by atoms with van der Waals surface area (Å²) in [7, 11) is 0. The van der Waals surface area contributed by atoms with Gasteiger partial charge >= 0.3 is 5.97 Å². The highest BCUT2D eigenvalue weighted by atomic mass is 16.4. The summed E-state index contributed by atoms with van der Waals surface area (Å²) in [5.41, 5.74) is -0.0882. The van der Waals surface area contributed by atoms with Crippen molar-refractivity contribution in [2.75, 3.05) is 0 Å². The van der Waals surface area contributed by atoms with E-state index in [1.807, 2.05) is 20.8 Å². The molecule has 0 aromatic carbocycles. The Morgan fingerprint density at radius 3 is 2.69 bits per heavy atom. The molecule has 0 amide bonds. The normalized spacial score (nSPS) is 11.9. The summed E-state index contributed by atoms with van der Waals surface area (Å²) >= 11 is 0. The van der Waals surface area contributed by atoms with E-state index in [4.69, 9.17) is 5.11 Å². The van der Waals surface area contributed by atoms with Gasteiger partial charge in [0.2, 0.25) is 0 Å². The van der Waals surface area contributed by atoms with Crippen LogP contribution in [-0.2, 0) is 5.41 Å². The van der Waals surface area contributed by atoms with Crippen LogP contribution < -0.4 is 0 Å². The predicted octanol–water partition coefficient (Wildman–Crippen LogP) is 1.12. The van der Waals surface area contributed by atoms with Gasteiger partial charge in [0.25, 0.3) is 5.78 Å². The first-order valence-corrected chi connectivity index (χ1v) is 4.84. The van der Waals surface area contributed by atoms with Gasteiger partial charge in [-0.15, -0.1) is 5.10 Å². The van der Waals surface area contributed by atoms with Crippen LogP contribution in [0, 0.1) is 0 Å². The molecule has 6 nitrogen and oxygen atoms in total. The molecular formula is C10H12N4O2. The molecule has 0 spiro atoms. The van der Waals surface area contributed by atoms with E-state index in [1.165, 1.54) is 16.9 Å². The highest BCUT2D eigenvalue weighted by Gasteiger charge is 2.20. The first kappa shape index (κ1) is 10.5. The fourth-order valence-corrected chi connectivity index (χ4v) is 1.21. The first-order chi connectivity index (χ1) is 7.38. The van der Waals surface area contributed by atoms with Gasteiger partial charge in [-0.25, -0.2) is 14.3 Å². The van der Waals surface area contributed by atoms with Gasteiger partial charge in [-0.05, 0) is 0 Å². The molecule has 84 valence electrons. The van der Waals surface area contributed by atoms with Crippen molar-refractivity contribution in [2.24, 2.45) is 0 Å². The zero-order valence-corrected chi connectivity index (χ0v) is 9.30. The molecule has 2 aromatic rings. The Morgan fingerprint density at radius 2 is 2.12 bits per heavy atom. The zero-order chi connectivity index (χ0) is 11.9. The van der Waals surface area contributed by atoms with Crippen LogP contribution in [-0.4, -0.2) is 30.7 Å². The van der Waals surface area contributed by atoms with Gasteiger partial charge in [0.1, 0.15) is 0 Å². The maximum Gasteiger partial charge on any atom is 0.338 e. The fraction of sp³-hybridized carbons (Fsp3) is 0.400. The van der Waals surface area contributed by atoms with Crippen LogP contribution in [0.15, 0.2) is 12.4 Å². The highest BCUT2D eigenvalue weighted by molar-refractivity contribution is 5.86. The number of rotatable bonds is 1. The lowest BCUT2D eigenvalue weighted by molar-refractivity contribution is 0.0695. The summed E-state index contributed by atoms with van der Waals surface area (Å²) < 4.78 is 1.39. The number of aromatic carboxylic acids is 1. The van der Waals surface area contributed by atoms with E-state index in [0.717, 1.165) is 0 Å². The van der Waals surface area contributed by atoms with Crippen LogP contribution in [0.5, 0.6) is 0 Å². The summed E-state index contributed by atoms with van der Waals surface area (Å²) in [5.74, 6) is 0.0275. The fourth-order valence-electron chi connectivity index (χ4n) is 1.21. The largest absolute Gasteiger partial charge is 0.478 e. The summed E-state index contributed by atoms with van der Waals surface area (Å²) in [5, 5.41) is 13.0. The Bertz CT molecular complexity index is 553. The van der Waals surface area contributed by atoms with E-state index in [2.05, 4.69) is 15.1 Å². The van der Waals surface area contributed by atoms with Gasteiger partial charge < -0.3 is 5.11 Å². The Labute approximate surface area is 92.0 Å². The van der Waals surface area contributed by atoms with E-state index in [1.54, 1.807) is 0 Å². The molecule has 1 N–H and O–H groups in total. The van der Waals surface area contributed by atoms with E-state index < -0.39 is 5.97 Å². The lowest BCUT2D eigenvalue weighted by Crippen LogP contribution is -2.13. The molecule has 0 bridgehead atoms. The molecule has 16 heavy (non-hydrogen) atoms. The number of hydrogen-bond donors (Lipinski definition) is 1. The van der Waals surface area contributed by atoms with Crippen LogP contribution in [0.4, 0.5) is 0 Å². The molecule has 2 rings (SSSR count). The van der Waals surface area contributed by atoms with E-state index in [-0.39, 0.29) is 11.0 Å². The molecule has 0 aliphatic rings. The van der Waals surface area contributed by atoms with Gasteiger partial charge in [-0.3, -0.25) is 0 Å². The SMILES string of the molecule is CC(C)(C)c1nc2ncc(C(=O)O)cn2n1. The summed E-state index contributed by atoms with van der Waals surface area (Å²) in [6.45, 7) is 5.96. The van der Waals surface area contributed by atoms with Crippen molar-refractivity contribution in [2.45, 2.75) is 26.2 Å². The number of carbonyl (C=O) groups is 1. The number of hydrogen-bond acceptors (Lipinski definition) is 4. The van der Waals surface area contributed by atoms with Crippen LogP contribution in [0.3, 0.4) is 0 Å². The lowest BCUT2D eigenvalue weighted by atomic mass is 9.96. The van der Waals surface area contributed by atoms with Crippen LogP contribution >= 0.6 is 0 Å². The quantitative estimate of drug-likeness (QED) is 0.778. The molecule has 0 aliphatic heterocycles. The van der Waals surface area contributed by atoms with Crippen molar-refractivity contribution in [3.63, 3.8) is 0 Å². The second kappa shape index (κ2) is 3.26.